The van der Waals surface area contributed by atoms with Gasteiger partial charge >= 0.3 is 0 Å². The van der Waals surface area contributed by atoms with Crippen LogP contribution in [0, 0.1) is 5.41 Å². The van der Waals surface area contributed by atoms with Crippen LogP contribution in [0.5, 0.6) is 0 Å². The normalized spacial score (nSPS) is 20.0. The number of piperidine rings is 1. The summed E-state index contributed by atoms with van der Waals surface area (Å²) >= 11 is 0. The number of pyridine rings is 1. The van der Waals surface area contributed by atoms with E-state index in [4.69, 9.17) is 25.5 Å². The Labute approximate surface area is 261 Å². The summed E-state index contributed by atoms with van der Waals surface area (Å²) in [4.78, 5) is 23.5. The zero-order valence-corrected chi connectivity index (χ0v) is 26.3. The highest BCUT2D eigenvalue weighted by Crippen LogP contribution is 2.44. The first kappa shape index (κ1) is 30.5. The number of methoxy groups -OCH3 is 1. The number of amides is 1. The second kappa shape index (κ2) is 13.6. The van der Waals surface area contributed by atoms with E-state index in [9.17, 15) is 4.79 Å². The Kier molecular flexibility index (Phi) is 9.42. The van der Waals surface area contributed by atoms with Gasteiger partial charge < -0.3 is 20.7 Å². The van der Waals surface area contributed by atoms with Crippen LogP contribution < -0.4 is 11.1 Å². The summed E-state index contributed by atoms with van der Waals surface area (Å²) in [5.41, 5.74) is 12.6. The minimum atomic E-state index is 0.242. The third-order valence-corrected chi connectivity index (χ3v) is 10.3. The van der Waals surface area contributed by atoms with Crippen molar-refractivity contribution < 1.29 is 9.53 Å². The van der Waals surface area contributed by atoms with Crippen LogP contribution >= 0.6 is 0 Å². The maximum absolute atomic E-state index is 11.8. The molecule has 3 aliphatic rings. The molecule has 1 spiro atoms. The number of fused-ring (bicyclic) bond motifs is 2. The maximum Gasteiger partial charge on any atom is 0.210 e. The molecule has 2 aromatic heterocycles. The lowest BCUT2D eigenvalue weighted by molar-refractivity contribution is -0.118. The summed E-state index contributed by atoms with van der Waals surface area (Å²) in [7, 11) is 1.74. The number of aliphatic imine (C=N–C) groups is 1. The molecule has 3 aromatic rings. The van der Waals surface area contributed by atoms with Crippen LogP contribution in [-0.2, 0) is 22.5 Å². The van der Waals surface area contributed by atoms with Crippen LogP contribution in [0.3, 0.4) is 0 Å². The molecule has 1 aliphatic carbocycles. The number of benzene rings is 1. The highest BCUT2D eigenvalue weighted by Gasteiger charge is 2.36. The number of ether oxygens (including phenoxy) is 1. The Hall–Kier alpha value is -3.56. The van der Waals surface area contributed by atoms with Crippen molar-refractivity contribution in [2.45, 2.75) is 83.3 Å². The van der Waals surface area contributed by atoms with Crippen molar-refractivity contribution in [3.63, 3.8) is 0 Å². The largest absolute Gasteiger partial charge is 0.404 e. The van der Waals surface area contributed by atoms with Gasteiger partial charge in [-0.15, -0.1) is 0 Å². The molecule has 9 heteroatoms. The minimum Gasteiger partial charge on any atom is -0.404 e. The third-order valence-electron chi connectivity index (χ3n) is 10.3. The molecule has 6 rings (SSSR count). The van der Waals surface area contributed by atoms with Crippen molar-refractivity contribution in [1.29, 1.82) is 0 Å². The summed E-state index contributed by atoms with van der Waals surface area (Å²) in [5, 5.41) is 10.8. The van der Waals surface area contributed by atoms with Crippen LogP contribution in [0.4, 0.5) is 0 Å². The number of nitrogens with two attached hydrogens (primary N) is 1. The fourth-order valence-electron chi connectivity index (χ4n) is 7.57. The number of carbonyl (C=O) groups excluding carboxylic acids is 1. The van der Waals surface area contributed by atoms with Crippen molar-refractivity contribution in [3.05, 3.63) is 53.6 Å². The number of nitrogens with one attached hydrogen (secondary N) is 1. The Balaban J connectivity index is 1.27. The molecule has 0 bridgehead atoms. The number of allylic oxidation sites excluding steroid dienone is 1. The molecule has 0 radical (unpaired) electrons. The Bertz CT molecular complexity index is 1510. The van der Waals surface area contributed by atoms with E-state index in [1.165, 1.54) is 31.4 Å². The molecule has 234 valence electrons. The third kappa shape index (κ3) is 6.17. The van der Waals surface area contributed by atoms with Gasteiger partial charge in [-0.3, -0.25) is 19.5 Å². The first-order valence-corrected chi connectivity index (χ1v) is 16.4. The molecule has 9 nitrogen and oxygen atoms in total. The lowest BCUT2D eigenvalue weighted by Gasteiger charge is -2.42. The van der Waals surface area contributed by atoms with E-state index < -0.39 is 0 Å². The predicted molar refractivity (Wildman–Crippen MR) is 176 cm³/mol. The highest BCUT2D eigenvalue weighted by molar-refractivity contribution is 6.10. The summed E-state index contributed by atoms with van der Waals surface area (Å²) < 4.78 is 7.61. The quantitative estimate of drug-likeness (QED) is 0.243. The smallest absolute Gasteiger partial charge is 0.210 e. The molecule has 3 N–H and O–H groups in total. The number of hydrogen-bond acceptors (Lipinski definition) is 7. The number of carbonyl (C=O) groups is 1. The minimum absolute atomic E-state index is 0.242. The van der Waals surface area contributed by atoms with Crippen molar-refractivity contribution in [2.24, 2.45) is 16.1 Å². The van der Waals surface area contributed by atoms with E-state index in [1.807, 2.05) is 17.3 Å². The monoisotopic (exact) mass is 597 g/mol. The van der Waals surface area contributed by atoms with Gasteiger partial charge in [-0.25, -0.2) is 0 Å². The number of hydrogen-bond donors (Lipinski definition) is 2. The van der Waals surface area contributed by atoms with E-state index in [0.717, 1.165) is 90.5 Å². The average molecular weight is 598 g/mol. The zero-order valence-electron chi connectivity index (χ0n) is 26.3. The second-order valence-corrected chi connectivity index (χ2v) is 12.9. The van der Waals surface area contributed by atoms with Gasteiger partial charge in [-0.1, -0.05) is 25.1 Å². The Morgan fingerprint density at radius 1 is 1.25 bits per heavy atom. The second-order valence-electron chi connectivity index (χ2n) is 12.9. The van der Waals surface area contributed by atoms with Crippen molar-refractivity contribution in [3.8, 4) is 11.3 Å². The van der Waals surface area contributed by atoms with Gasteiger partial charge in [0.05, 0.1) is 17.4 Å². The maximum atomic E-state index is 11.8. The molecule has 1 saturated heterocycles. The topological polar surface area (TPSA) is 111 Å². The van der Waals surface area contributed by atoms with E-state index >= 15 is 0 Å². The molecule has 1 amide bonds. The highest BCUT2D eigenvalue weighted by atomic mass is 16.5. The summed E-state index contributed by atoms with van der Waals surface area (Å²) in [6.07, 6.45) is 16.5. The molecular weight excluding hydrogens is 550 g/mol. The standard InChI is InChI=1S/C35H47N7O2/c1-3-28(10-18-44-2)42-33-9-17-41(24-43)23-31(33)34(40-42)29-6-4-5-25-19-32(39-22-30(25)29)26(20-36)21-38-27-7-11-35(12-8-27)13-15-37-16-14-35/h4-6,19-22,24,27-28,37H,3,7-18,23,36H2,1-2H3/b26-20+,38-21?. The van der Waals surface area contributed by atoms with E-state index in [2.05, 4.69) is 41.2 Å². The molecule has 44 heavy (non-hydrogen) atoms. The van der Waals surface area contributed by atoms with Crippen LogP contribution in [0.25, 0.3) is 27.6 Å². The molecule has 2 aliphatic heterocycles. The van der Waals surface area contributed by atoms with Crippen LogP contribution in [0.2, 0.25) is 0 Å². The Morgan fingerprint density at radius 3 is 2.80 bits per heavy atom. The van der Waals surface area contributed by atoms with Gasteiger partial charge in [-0.2, -0.15) is 5.10 Å². The predicted octanol–water partition coefficient (Wildman–Crippen LogP) is 5.28. The molecule has 1 saturated carbocycles. The lowest BCUT2D eigenvalue weighted by atomic mass is 9.67. The van der Waals surface area contributed by atoms with Crippen molar-refractivity contribution in [2.75, 3.05) is 33.4 Å². The van der Waals surface area contributed by atoms with Gasteiger partial charge in [0.1, 0.15) is 0 Å². The zero-order chi connectivity index (χ0) is 30.5. The molecule has 1 atom stereocenters. The van der Waals surface area contributed by atoms with Gasteiger partial charge in [0.15, 0.2) is 0 Å². The number of nitrogens with zero attached hydrogens (tertiary/aromatic N) is 5. The van der Waals surface area contributed by atoms with Crippen LogP contribution in [-0.4, -0.2) is 71.7 Å². The van der Waals surface area contributed by atoms with E-state index in [0.29, 0.717) is 31.2 Å². The molecule has 1 aromatic carbocycles. The molecule has 2 fully saturated rings. The van der Waals surface area contributed by atoms with Crippen LogP contribution in [0.15, 0.2) is 41.7 Å². The average Bonchev–Trinajstić information content (AvgIpc) is 3.44. The van der Waals surface area contributed by atoms with E-state index in [1.54, 1.807) is 13.3 Å². The first-order chi connectivity index (χ1) is 21.6. The van der Waals surface area contributed by atoms with Gasteiger partial charge in [0.25, 0.3) is 0 Å². The lowest BCUT2D eigenvalue weighted by Crippen LogP contribution is -2.39. The fourth-order valence-corrected chi connectivity index (χ4v) is 7.57. The summed E-state index contributed by atoms with van der Waals surface area (Å²) in [6, 6.07) is 9.00. The summed E-state index contributed by atoms with van der Waals surface area (Å²) in [5.74, 6) is 0. The van der Waals surface area contributed by atoms with Gasteiger partial charge in [0.2, 0.25) is 6.41 Å². The van der Waals surface area contributed by atoms with Crippen LogP contribution in [0.1, 0.15) is 81.3 Å². The number of rotatable bonds is 10. The molecule has 1 unspecified atom stereocenters. The van der Waals surface area contributed by atoms with Gasteiger partial charge in [0, 0.05) is 85.7 Å². The summed E-state index contributed by atoms with van der Waals surface area (Å²) in [6.45, 7) is 6.45. The molecule has 4 heterocycles. The SMILES string of the molecule is CCC(CCOC)n1nc(-c2cccc3cc(/C(C=NC4CCC5(CCNCC5)CC4)=C/N)ncc23)c2c1CCN(C=O)C2. The molecular formula is C35H47N7O2. The van der Waals surface area contributed by atoms with E-state index in [-0.39, 0.29) is 6.04 Å². The van der Waals surface area contributed by atoms with Crippen molar-refractivity contribution >= 4 is 29.0 Å². The first-order valence-electron chi connectivity index (χ1n) is 16.4. The van der Waals surface area contributed by atoms with Gasteiger partial charge in [-0.05, 0) is 81.3 Å². The van der Waals surface area contributed by atoms with Crippen molar-refractivity contribution in [1.82, 2.24) is 25.0 Å². The fraction of sp³-hybridized carbons (Fsp3) is 0.543. The number of aromatic nitrogens is 3. The Morgan fingerprint density at radius 2 is 2.07 bits per heavy atom.